The molecular weight excluding hydrogens is 308 g/mol. The van der Waals surface area contributed by atoms with E-state index in [0.29, 0.717) is 13.0 Å². The molecule has 1 saturated carbocycles. The second kappa shape index (κ2) is 8.75. The molecule has 2 nitrogen and oxygen atoms in total. The molecule has 1 aromatic rings. The van der Waals surface area contributed by atoms with E-state index >= 15 is 0 Å². The van der Waals surface area contributed by atoms with Crippen LogP contribution in [-0.4, -0.2) is 23.2 Å². The molecular formula is C20H29ClO2. The van der Waals surface area contributed by atoms with Crippen molar-refractivity contribution in [3.05, 3.63) is 41.5 Å². The first-order valence-electron chi connectivity index (χ1n) is 8.70. The van der Waals surface area contributed by atoms with Gasteiger partial charge in [-0.05, 0) is 56.2 Å². The van der Waals surface area contributed by atoms with Crippen LogP contribution < -0.4 is 4.74 Å². The third-order valence-corrected chi connectivity index (χ3v) is 5.49. The lowest BCUT2D eigenvalue weighted by atomic mass is 9.92. The van der Waals surface area contributed by atoms with E-state index in [-0.39, 0.29) is 23.3 Å². The maximum atomic E-state index is 10.3. The van der Waals surface area contributed by atoms with Crippen LogP contribution in [0.5, 0.6) is 5.75 Å². The Bertz CT molecular complexity index is 526. The number of alkyl halides is 1. The molecule has 2 rings (SSSR count). The lowest BCUT2D eigenvalue weighted by molar-refractivity contribution is 0.0805. The molecule has 0 bridgehead atoms. The second-order valence-corrected chi connectivity index (χ2v) is 7.21. The third kappa shape index (κ3) is 4.74. The molecule has 4 atom stereocenters. The summed E-state index contributed by atoms with van der Waals surface area (Å²) in [5.41, 5.74) is 2.39. The molecule has 1 fully saturated rings. The number of aliphatic hydroxyl groups is 1. The Morgan fingerprint density at radius 1 is 1.26 bits per heavy atom. The number of halogens is 1. The summed E-state index contributed by atoms with van der Waals surface area (Å²) in [6.07, 6.45) is 7.91. The van der Waals surface area contributed by atoms with Gasteiger partial charge in [-0.15, -0.1) is 11.6 Å². The van der Waals surface area contributed by atoms with E-state index in [4.69, 9.17) is 16.3 Å². The summed E-state index contributed by atoms with van der Waals surface area (Å²) in [4.78, 5) is 0. The van der Waals surface area contributed by atoms with Gasteiger partial charge in [0.25, 0.3) is 0 Å². The van der Waals surface area contributed by atoms with Gasteiger partial charge in [0.1, 0.15) is 5.75 Å². The number of benzene rings is 1. The van der Waals surface area contributed by atoms with Crippen molar-refractivity contribution >= 4 is 11.6 Å². The van der Waals surface area contributed by atoms with E-state index in [1.807, 2.05) is 12.1 Å². The summed E-state index contributed by atoms with van der Waals surface area (Å²) >= 11 is 6.47. The maximum absolute atomic E-state index is 10.3. The highest BCUT2D eigenvalue weighted by atomic mass is 35.5. The Balaban J connectivity index is 1.99. The maximum Gasteiger partial charge on any atom is 0.122 e. The first-order chi connectivity index (χ1) is 11.0. The van der Waals surface area contributed by atoms with Crippen molar-refractivity contribution < 1.29 is 9.84 Å². The number of hydrogen-bond acceptors (Lipinski definition) is 2. The molecule has 0 aliphatic heterocycles. The Morgan fingerprint density at radius 3 is 2.78 bits per heavy atom. The van der Waals surface area contributed by atoms with Crippen molar-refractivity contribution in [2.75, 3.05) is 6.61 Å². The highest BCUT2D eigenvalue weighted by molar-refractivity contribution is 6.21. The third-order valence-electron chi connectivity index (χ3n) is 4.99. The number of allylic oxidation sites excluding steroid dienone is 2. The molecule has 0 aromatic heterocycles. The zero-order valence-corrected chi connectivity index (χ0v) is 15.2. The molecule has 1 N–H and O–H groups in total. The van der Waals surface area contributed by atoms with Gasteiger partial charge >= 0.3 is 0 Å². The first-order valence-corrected chi connectivity index (χ1v) is 9.14. The van der Waals surface area contributed by atoms with Gasteiger partial charge in [0, 0.05) is 11.3 Å². The van der Waals surface area contributed by atoms with Crippen molar-refractivity contribution in [3.63, 3.8) is 0 Å². The van der Waals surface area contributed by atoms with Crippen molar-refractivity contribution in [1.29, 1.82) is 0 Å². The van der Waals surface area contributed by atoms with Gasteiger partial charge in [-0.2, -0.15) is 0 Å². The zero-order valence-electron chi connectivity index (χ0n) is 14.5. The Labute approximate surface area is 145 Å². The van der Waals surface area contributed by atoms with Crippen molar-refractivity contribution in [2.45, 2.75) is 57.9 Å². The average Bonchev–Trinajstić information content (AvgIpc) is 2.79. The number of aryl methyl sites for hydroxylation is 1. The van der Waals surface area contributed by atoms with Gasteiger partial charge < -0.3 is 9.84 Å². The van der Waals surface area contributed by atoms with E-state index in [2.05, 4.69) is 39.0 Å². The topological polar surface area (TPSA) is 29.5 Å². The SMILES string of the molecule is CCC/C=C\C[C@@H]1[C@@H](COc2cccc(C)c2C)[C@H](O)C[C@H]1Cl. The first kappa shape index (κ1) is 18.4. The molecule has 128 valence electrons. The fourth-order valence-electron chi connectivity index (χ4n) is 3.30. The molecule has 0 amide bonds. The van der Waals surface area contributed by atoms with Crippen LogP contribution >= 0.6 is 11.6 Å². The minimum absolute atomic E-state index is 0.0310. The summed E-state index contributed by atoms with van der Waals surface area (Å²) in [5, 5.41) is 10.4. The van der Waals surface area contributed by atoms with Crippen LogP contribution in [0.15, 0.2) is 30.4 Å². The molecule has 0 radical (unpaired) electrons. The van der Waals surface area contributed by atoms with Gasteiger partial charge in [0.05, 0.1) is 12.7 Å². The standard InChI is InChI=1S/C20H29ClO2/c1-4-5-6-7-10-16-17(19(22)12-18(16)21)13-23-20-11-8-9-14(2)15(20)3/h6-9,11,16-19,22H,4-5,10,12-13H2,1-3H3/b7-6-/t16-,17-,18-,19-/m1/s1. The predicted octanol–water partition coefficient (Wildman–Crippen LogP) is 5.03. The Kier molecular flexibility index (Phi) is 6.98. The number of rotatable bonds is 7. The monoisotopic (exact) mass is 336 g/mol. The second-order valence-electron chi connectivity index (χ2n) is 6.65. The lowest BCUT2D eigenvalue weighted by Gasteiger charge is -2.23. The van der Waals surface area contributed by atoms with Gasteiger partial charge in [0.2, 0.25) is 0 Å². The average molecular weight is 337 g/mol. The van der Waals surface area contributed by atoms with E-state index in [9.17, 15) is 5.11 Å². The summed E-state index contributed by atoms with van der Waals surface area (Å²) in [6, 6.07) is 6.10. The quantitative estimate of drug-likeness (QED) is 0.558. The fraction of sp³-hybridized carbons (Fsp3) is 0.600. The molecule has 0 spiro atoms. The van der Waals surface area contributed by atoms with E-state index in [1.54, 1.807) is 0 Å². The van der Waals surface area contributed by atoms with E-state index < -0.39 is 0 Å². The smallest absolute Gasteiger partial charge is 0.122 e. The van der Waals surface area contributed by atoms with Crippen LogP contribution in [0.2, 0.25) is 0 Å². The lowest BCUT2D eigenvalue weighted by Crippen LogP contribution is -2.27. The van der Waals surface area contributed by atoms with Crippen LogP contribution in [0.3, 0.4) is 0 Å². The van der Waals surface area contributed by atoms with Crippen molar-refractivity contribution in [3.8, 4) is 5.75 Å². The Morgan fingerprint density at radius 2 is 2.04 bits per heavy atom. The molecule has 3 heteroatoms. The molecule has 1 aliphatic rings. The summed E-state index contributed by atoms with van der Waals surface area (Å²) in [7, 11) is 0. The Hall–Kier alpha value is -0.990. The fourth-order valence-corrected chi connectivity index (χ4v) is 3.77. The van der Waals surface area contributed by atoms with Gasteiger partial charge in [0.15, 0.2) is 0 Å². The summed E-state index contributed by atoms with van der Waals surface area (Å²) in [5.74, 6) is 1.30. The number of hydrogen-bond donors (Lipinski definition) is 1. The minimum Gasteiger partial charge on any atom is -0.493 e. The van der Waals surface area contributed by atoms with Crippen LogP contribution in [0.4, 0.5) is 0 Å². The van der Waals surface area contributed by atoms with Gasteiger partial charge in [-0.1, -0.05) is 37.6 Å². The summed E-state index contributed by atoms with van der Waals surface area (Å²) < 4.78 is 6.04. The summed E-state index contributed by atoms with van der Waals surface area (Å²) in [6.45, 7) is 6.86. The van der Waals surface area contributed by atoms with Crippen LogP contribution in [-0.2, 0) is 0 Å². The van der Waals surface area contributed by atoms with Crippen LogP contribution in [0.1, 0.15) is 43.7 Å². The number of aliphatic hydroxyl groups excluding tert-OH is 1. The van der Waals surface area contributed by atoms with Gasteiger partial charge in [-0.3, -0.25) is 0 Å². The normalized spacial score (nSPS) is 27.7. The minimum atomic E-state index is -0.368. The molecule has 0 unspecified atom stereocenters. The van der Waals surface area contributed by atoms with Crippen molar-refractivity contribution in [2.24, 2.45) is 11.8 Å². The number of unbranched alkanes of at least 4 members (excludes halogenated alkanes) is 1. The van der Waals surface area contributed by atoms with Crippen LogP contribution in [0.25, 0.3) is 0 Å². The zero-order chi connectivity index (χ0) is 16.8. The highest BCUT2D eigenvalue weighted by Gasteiger charge is 2.41. The molecule has 0 heterocycles. The largest absolute Gasteiger partial charge is 0.493 e. The van der Waals surface area contributed by atoms with E-state index in [1.165, 1.54) is 11.1 Å². The van der Waals surface area contributed by atoms with Crippen molar-refractivity contribution in [1.82, 2.24) is 0 Å². The molecule has 23 heavy (non-hydrogen) atoms. The van der Waals surface area contributed by atoms with Gasteiger partial charge in [-0.25, -0.2) is 0 Å². The van der Waals surface area contributed by atoms with E-state index in [0.717, 1.165) is 25.0 Å². The van der Waals surface area contributed by atoms with Crippen LogP contribution in [0, 0.1) is 25.7 Å². The molecule has 1 aromatic carbocycles. The highest BCUT2D eigenvalue weighted by Crippen LogP contribution is 2.39. The molecule has 0 saturated heterocycles. The molecule has 1 aliphatic carbocycles. The number of ether oxygens (including phenoxy) is 1. The predicted molar refractivity (Wildman–Crippen MR) is 97.3 cm³/mol.